The Morgan fingerprint density at radius 1 is 0.500 bits per heavy atom. The maximum atomic E-state index is 13.1. The van der Waals surface area contributed by atoms with E-state index in [2.05, 4.69) is 0 Å². The van der Waals surface area contributed by atoms with Gasteiger partial charge in [-0.05, 0) is 0 Å². The molecule has 0 aliphatic carbocycles. The molecule has 2 aromatic carbocycles. The Bertz CT molecular complexity index is 638. The Kier molecular flexibility index (Phi) is 4.82. The van der Waals surface area contributed by atoms with Crippen LogP contribution in [0.3, 0.4) is 0 Å². The minimum absolute atomic E-state index is 0. The van der Waals surface area contributed by atoms with Gasteiger partial charge in [0.05, 0.1) is 16.8 Å². The van der Waals surface area contributed by atoms with Crippen LogP contribution >= 0.6 is 0 Å². The maximum absolute atomic E-state index is 13.1. The summed E-state index contributed by atoms with van der Waals surface area (Å²) < 4.78 is 90.4. The van der Waals surface area contributed by atoms with Crippen molar-refractivity contribution in [2.24, 2.45) is 0 Å². The molecule has 0 unspecified atom stereocenters. The molecule has 0 aliphatic heterocycles. The van der Waals surface area contributed by atoms with Crippen LogP contribution in [0.2, 0.25) is 0 Å². The van der Waals surface area contributed by atoms with E-state index >= 15 is 0 Å². The van der Waals surface area contributed by atoms with Gasteiger partial charge in [-0.2, -0.15) is 0 Å². The second-order valence-corrected chi connectivity index (χ2v) is 3.07. The van der Waals surface area contributed by atoms with Crippen LogP contribution in [-0.4, -0.2) is 51.4 Å². The van der Waals surface area contributed by atoms with Crippen LogP contribution in [0.4, 0.5) is 30.7 Å². The Morgan fingerprint density at radius 3 is 1.44 bits per heavy atom. The third-order valence-corrected chi connectivity index (χ3v) is 2.12. The number of fused-ring (bicyclic) bond motifs is 1. The van der Waals surface area contributed by atoms with E-state index in [0.717, 1.165) is 6.07 Å². The van der Waals surface area contributed by atoms with Gasteiger partial charge in [-0.1, -0.05) is 0 Å². The van der Waals surface area contributed by atoms with Gasteiger partial charge in [0.2, 0.25) is 0 Å². The summed E-state index contributed by atoms with van der Waals surface area (Å²) in [5.41, 5.74) is 0. The monoisotopic (exact) mass is 293 g/mol. The molecule has 91 valence electrons. The summed E-state index contributed by atoms with van der Waals surface area (Å²) in [6, 6.07) is 1.09. The summed E-state index contributed by atoms with van der Waals surface area (Å²) in [5.74, 6) is -14.9. The second kappa shape index (κ2) is 5.46. The Morgan fingerprint density at radius 2 is 0.944 bits per heavy atom. The average Bonchev–Trinajstić information content (AvgIpc) is 2.28. The minimum atomic E-state index is -2.35. The first-order chi connectivity index (χ1) is 7.86. The van der Waals surface area contributed by atoms with E-state index in [1.807, 2.05) is 0 Å². The molecule has 0 N–H and O–H groups in total. The summed E-state index contributed by atoms with van der Waals surface area (Å²) in [4.78, 5) is 0. The van der Waals surface area contributed by atoms with Crippen molar-refractivity contribution in [3.05, 3.63) is 46.8 Å². The molecule has 0 aliphatic rings. The molecule has 0 nitrogen and oxygen atoms in total. The molecular formula is C10HF7K. The van der Waals surface area contributed by atoms with E-state index < -0.39 is 51.5 Å². The normalized spacial score (nSPS) is 10.6. The molecule has 1 radical (unpaired) electrons. The van der Waals surface area contributed by atoms with Gasteiger partial charge in [-0.15, -0.1) is 0 Å². The van der Waals surface area contributed by atoms with E-state index in [0.29, 0.717) is 0 Å². The van der Waals surface area contributed by atoms with Gasteiger partial charge < -0.3 is 0 Å². The fourth-order valence-electron chi connectivity index (χ4n) is 1.37. The molecule has 0 heterocycles. The molecule has 0 atom stereocenters. The van der Waals surface area contributed by atoms with E-state index in [1.165, 1.54) is 0 Å². The third-order valence-electron chi connectivity index (χ3n) is 2.12. The summed E-state index contributed by atoms with van der Waals surface area (Å²) in [5, 5.41) is -3.16. The van der Waals surface area contributed by atoms with Gasteiger partial charge >= 0.3 is 51.4 Å². The molecular weight excluding hydrogens is 292 g/mol. The summed E-state index contributed by atoms with van der Waals surface area (Å²) >= 11 is 0. The molecule has 0 amide bonds. The first-order valence-corrected chi connectivity index (χ1v) is 4.07. The van der Waals surface area contributed by atoms with Crippen molar-refractivity contribution in [2.75, 3.05) is 0 Å². The van der Waals surface area contributed by atoms with E-state index in [9.17, 15) is 30.7 Å². The quantitative estimate of drug-likeness (QED) is 0.303. The van der Waals surface area contributed by atoms with Crippen molar-refractivity contribution >= 4 is 62.2 Å². The van der Waals surface area contributed by atoms with Crippen LogP contribution in [0, 0.1) is 46.8 Å². The first kappa shape index (κ1) is 15.9. The molecule has 0 aromatic heterocycles. The van der Waals surface area contributed by atoms with E-state index in [1.54, 1.807) is 0 Å². The summed E-state index contributed by atoms with van der Waals surface area (Å²) in [6.45, 7) is 0. The van der Waals surface area contributed by atoms with Crippen LogP contribution in [0.15, 0.2) is 0 Å². The molecule has 0 saturated carbocycles. The molecule has 0 spiro atoms. The molecule has 2 rings (SSSR count). The van der Waals surface area contributed by atoms with Gasteiger partial charge in [0.25, 0.3) is 0 Å². The molecule has 0 bridgehead atoms. The van der Waals surface area contributed by atoms with Gasteiger partial charge in [0.15, 0.2) is 34.9 Å². The van der Waals surface area contributed by atoms with Crippen molar-refractivity contribution in [2.45, 2.75) is 0 Å². The van der Waals surface area contributed by atoms with Crippen molar-refractivity contribution in [3.63, 3.8) is 0 Å². The van der Waals surface area contributed by atoms with Crippen LogP contribution in [-0.2, 0) is 0 Å². The zero-order chi connectivity index (χ0) is 12.9. The van der Waals surface area contributed by atoms with Gasteiger partial charge in [0, 0.05) is 0 Å². The fourth-order valence-corrected chi connectivity index (χ4v) is 1.37. The predicted octanol–water partition coefficient (Wildman–Crippen LogP) is 2.97. The number of hydrogen-bond donors (Lipinski definition) is 0. The van der Waals surface area contributed by atoms with Crippen LogP contribution in [0.25, 0.3) is 10.8 Å². The Hall–Kier alpha value is -0.154. The van der Waals surface area contributed by atoms with Crippen LogP contribution in [0.1, 0.15) is 0 Å². The fraction of sp³-hybridized carbons (Fsp3) is 0. The Balaban J connectivity index is 0.00000162. The van der Waals surface area contributed by atoms with Gasteiger partial charge in [-0.25, -0.2) is 30.7 Å². The predicted molar refractivity (Wildman–Crippen MR) is 49.6 cm³/mol. The number of rotatable bonds is 0. The standard InChI is InChI=1S/C10F7.K.H/c11-2-1-3(12)6(13)5-4(2)7(14)9(16)10(17)8(5)15;;. The first-order valence-electron chi connectivity index (χ1n) is 4.07. The molecule has 0 saturated heterocycles. The molecule has 18 heavy (non-hydrogen) atoms. The summed E-state index contributed by atoms with van der Waals surface area (Å²) in [6.07, 6.45) is 0. The number of halogens is 7. The zero-order valence-electron chi connectivity index (χ0n) is 7.65. The van der Waals surface area contributed by atoms with Gasteiger partial charge in [-0.3, -0.25) is 0 Å². The van der Waals surface area contributed by atoms with Crippen molar-refractivity contribution < 1.29 is 30.7 Å². The van der Waals surface area contributed by atoms with Crippen molar-refractivity contribution in [1.82, 2.24) is 0 Å². The Labute approximate surface area is 138 Å². The molecule has 0 fully saturated rings. The van der Waals surface area contributed by atoms with E-state index in [4.69, 9.17) is 0 Å². The van der Waals surface area contributed by atoms with Crippen LogP contribution < -0.4 is 0 Å². The average molecular weight is 293 g/mol. The topological polar surface area (TPSA) is 0 Å². The van der Waals surface area contributed by atoms with E-state index in [-0.39, 0.29) is 51.4 Å². The van der Waals surface area contributed by atoms with Crippen molar-refractivity contribution in [3.8, 4) is 0 Å². The molecule has 2 aromatic rings. The second-order valence-electron chi connectivity index (χ2n) is 3.07. The number of benzene rings is 2. The third kappa shape index (κ3) is 2.20. The molecule has 8 heteroatoms. The van der Waals surface area contributed by atoms with Crippen molar-refractivity contribution in [1.29, 1.82) is 0 Å². The number of hydrogen-bond acceptors (Lipinski definition) is 0. The summed E-state index contributed by atoms with van der Waals surface area (Å²) in [7, 11) is 0. The van der Waals surface area contributed by atoms with Gasteiger partial charge in [0.1, 0.15) is 5.82 Å². The van der Waals surface area contributed by atoms with Crippen LogP contribution in [0.5, 0.6) is 0 Å². The zero-order valence-corrected chi connectivity index (χ0v) is 7.65. The SMILES string of the molecule is Fc1[c]c(F)c2c(F)c(F)c(F)c(F)c2c1F.[KH].